The second-order valence-corrected chi connectivity index (χ2v) is 6.68. The molecule has 1 rings (SSSR count). The van der Waals surface area contributed by atoms with E-state index in [1.165, 1.54) is 0 Å². The molecule has 0 aromatic heterocycles. The van der Waals surface area contributed by atoms with Gasteiger partial charge in [0.1, 0.15) is 11.5 Å². The van der Waals surface area contributed by atoms with E-state index in [0.717, 1.165) is 34.5 Å². The Kier molecular flexibility index (Phi) is 7.49. The summed E-state index contributed by atoms with van der Waals surface area (Å²) in [5.74, 6) is 1.59. The van der Waals surface area contributed by atoms with Crippen molar-refractivity contribution >= 4 is 15.9 Å². The third-order valence-corrected chi connectivity index (χ3v) is 3.69. The summed E-state index contributed by atoms with van der Waals surface area (Å²) in [6, 6.07) is 3.83. The lowest BCUT2D eigenvalue weighted by atomic mass is 10.1. The van der Waals surface area contributed by atoms with Crippen molar-refractivity contribution < 1.29 is 14.2 Å². The normalized spacial score (nSPS) is 11.5. The summed E-state index contributed by atoms with van der Waals surface area (Å²) in [5.41, 5.74) is 1.23. The molecule has 21 heavy (non-hydrogen) atoms. The highest BCUT2D eigenvalue weighted by Crippen LogP contribution is 2.32. The molecule has 1 aromatic carbocycles. The van der Waals surface area contributed by atoms with Crippen molar-refractivity contribution in [2.45, 2.75) is 32.7 Å². The average Bonchev–Trinajstić information content (AvgIpc) is 2.42. The molecule has 4 nitrogen and oxygen atoms in total. The number of methoxy groups -OCH3 is 2. The Morgan fingerprint density at radius 2 is 1.81 bits per heavy atom. The number of benzene rings is 1. The van der Waals surface area contributed by atoms with Gasteiger partial charge in [0.05, 0.1) is 27.4 Å². The standard InChI is InChI=1S/C16H26BrNO3/c1-16(2,3)18-7-9-21-8-6-13-14(17)10-12(19-4)11-15(13)20-5/h10-11,18H,6-9H2,1-5H3. The van der Waals surface area contributed by atoms with E-state index < -0.39 is 0 Å². The number of nitrogens with one attached hydrogen (secondary N) is 1. The van der Waals surface area contributed by atoms with Crippen LogP contribution in [0, 0.1) is 0 Å². The molecule has 0 saturated heterocycles. The van der Waals surface area contributed by atoms with Crippen molar-refractivity contribution in [2.24, 2.45) is 0 Å². The molecular weight excluding hydrogens is 334 g/mol. The molecule has 0 spiro atoms. The molecule has 0 amide bonds. The Labute approximate surface area is 136 Å². The molecule has 5 heteroatoms. The van der Waals surface area contributed by atoms with Crippen LogP contribution in [-0.4, -0.2) is 39.5 Å². The predicted molar refractivity (Wildman–Crippen MR) is 89.5 cm³/mol. The molecule has 1 aromatic rings. The Morgan fingerprint density at radius 1 is 1.10 bits per heavy atom. The topological polar surface area (TPSA) is 39.7 Å². The monoisotopic (exact) mass is 359 g/mol. The van der Waals surface area contributed by atoms with Crippen LogP contribution in [0.3, 0.4) is 0 Å². The highest BCUT2D eigenvalue weighted by atomic mass is 79.9. The Morgan fingerprint density at radius 3 is 2.38 bits per heavy atom. The van der Waals surface area contributed by atoms with E-state index in [-0.39, 0.29) is 5.54 Å². The summed E-state index contributed by atoms with van der Waals surface area (Å²) in [7, 11) is 3.31. The van der Waals surface area contributed by atoms with Crippen LogP contribution in [0.2, 0.25) is 0 Å². The van der Waals surface area contributed by atoms with Gasteiger partial charge in [0, 0.05) is 34.6 Å². The minimum Gasteiger partial charge on any atom is -0.497 e. The Hall–Kier alpha value is -0.780. The third-order valence-electron chi connectivity index (χ3n) is 2.98. The van der Waals surface area contributed by atoms with E-state index in [1.54, 1.807) is 14.2 Å². The van der Waals surface area contributed by atoms with Gasteiger partial charge in [0.15, 0.2) is 0 Å². The first-order chi connectivity index (χ1) is 9.87. The van der Waals surface area contributed by atoms with Gasteiger partial charge in [-0.3, -0.25) is 0 Å². The molecule has 0 bridgehead atoms. The van der Waals surface area contributed by atoms with Crippen molar-refractivity contribution in [1.29, 1.82) is 0 Å². The van der Waals surface area contributed by atoms with E-state index in [0.29, 0.717) is 13.2 Å². The van der Waals surface area contributed by atoms with Crippen molar-refractivity contribution in [1.82, 2.24) is 5.32 Å². The van der Waals surface area contributed by atoms with E-state index in [9.17, 15) is 0 Å². The predicted octanol–water partition coefficient (Wildman–Crippen LogP) is 3.41. The van der Waals surface area contributed by atoms with E-state index in [1.807, 2.05) is 12.1 Å². The molecular formula is C16H26BrNO3. The zero-order valence-corrected chi connectivity index (χ0v) is 15.2. The molecule has 1 N–H and O–H groups in total. The van der Waals surface area contributed by atoms with Crippen molar-refractivity contribution in [3.63, 3.8) is 0 Å². The van der Waals surface area contributed by atoms with Crippen molar-refractivity contribution in [2.75, 3.05) is 34.0 Å². The minimum absolute atomic E-state index is 0.131. The molecule has 0 aliphatic heterocycles. The SMILES string of the molecule is COc1cc(Br)c(CCOCCNC(C)(C)C)c(OC)c1. The molecule has 0 aliphatic carbocycles. The minimum atomic E-state index is 0.131. The maximum atomic E-state index is 5.67. The first kappa shape index (κ1) is 18.3. The number of hydrogen-bond donors (Lipinski definition) is 1. The fourth-order valence-electron chi connectivity index (χ4n) is 1.90. The van der Waals surface area contributed by atoms with E-state index >= 15 is 0 Å². The average molecular weight is 360 g/mol. The van der Waals surface area contributed by atoms with Crippen LogP contribution in [0.5, 0.6) is 11.5 Å². The summed E-state index contributed by atoms with van der Waals surface area (Å²) in [4.78, 5) is 0. The first-order valence-corrected chi connectivity index (χ1v) is 7.90. The number of hydrogen-bond acceptors (Lipinski definition) is 4. The van der Waals surface area contributed by atoms with Crippen LogP contribution < -0.4 is 14.8 Å². The van der Waals surface area contributed by atoms with Gasteiger partial charge >= 0.3 is 0 Å². The molecule has 0 aliphatic rings. The van der Waals surface area contributed by atoms with Crippen LogP contribution in [0.15, 0.2) is 16.6 Å². The van der Waals surface area contributed by atoms with Gasteiger partial charge in [0.25, 0.3) is 0 Å². The Bertz CT molecular complexity index is 444. The van der Waals surface area contributed by atoms with Gasteiger partial charge in [-0.1, -0.05) is 15.9 Å². The largest absolute Gasteiger partial charge is 0.497 e. The molecule has 0 fully saturated rings. The molecule has 0 unspecified atom stereocenters. The number of halogens is 1. The zero-order valence-electron chi connectivity index (χ0n) is 13.6. The fourth-order valence-corrected chi connectivity index (χ4v) is 2.52. The lowest BCUT2D eigenvalue weighted by molar-refractivity contribution is 0.133. The first-order valence-electron chi connectivity index (χ1n) is 7.10. The summed E-state index contributed by atoms with van der Waals surface area (Å²) in [6.07, 6.45) is 0.795. The molecule has 0 radical (unpaired) electrons. The quantitative estimate of drug-likeness (QED) is 0.722. The molecule has 0 saturated carbocycles. The second kappa shape index (κ2) is 8.61. The van der Waals surface area contributed by atoms with Gasteiger partial charge in [-0.15, -0.1) is 0 Å². The van der Waals surface area contributed by atoms with Gasteiger partial charge in [0.2, 0.25) is 0 Å². The molecule has 0 heterocycles. The highest BCUT2D eigenvalue weighted by molar-refractivity contribution is 9.10. The summed E-state index contributed by atoms with van der Waals surface area (Å²) in [6.45, 7) is 8.65. The highest BCUT2D eigenvalue weighted by Gasteiger charge is 2.11. The molecule has 120 valence electrons. The summed E-state index contributed by atoms with van der Waals surface area (Å²) in [5, 5.41) is 3.39. The third kappa shape index (κ3) is 6.68. The smallest absolute Gasteiger partial charge is 0.126 e. The maximum Gasteiger partial charge on any atom is 0.126 e. The van der Waals surface area contributed by atoms with Crippen molar-refractivity contribution in [3.05, 3.63) is 22.2 Å². The van der Waals surface area contributed by atoms with Crippen molar-refractivity contribution in [3.8, 4) is 11.5 Å². The summed E-state index contributed by atoms with van der Waals surface area (Å²) < 4.78 is 17.3. The molecule has 0 atom stereocenters. The van der Waals surface area contributed by atoms with Crippen LogP contribution in [-0.2, 0) is 11.2 Å². The van der Waals surface area contributed by atoms with E-state index in [4.69, 9.17) is 14.2 Å². The maximum absolute atomic E-state index is 5.67. The van der Waals surface area contributed by atoms with Crippen LogP contribution in [0.25, 0.3) is 0 Å². The number of ether oxygens (including phenoxy) is 3. The second-order valence-electron chi connectivity index (χ2n) is 5.83. The zero-order chi connectivity index (χ0) is 15.9. The van der Waals surface area contributed by atoms with Crippen LogP contribution >= 0.6 is 15.9 Å². The number of rotatable bonds is 8. The van der Waals surface area contributed by atoms with Crippen LogP contribution in [0.1, 0.15) is 26.3 Å². The van der Waals surface area contributed by atoms with Gasteiger partial charge in [-0.05, 0) is 26.8 Å². The van der Waals surface area contributed by atoms with Gasteiger partial charge in [-0.2, -0.15) is 0 Å². The van der Waals surface area contributed by atoms with Crippen LogP contribution in [0.4, 0.5) is 0 Å². The lowest BCUT2D eigenvalue weighted by Crippen LogP contribution is -2.38. The van der Waals surface area contributed by atoms with E-state index in [2.05, 4.69) is 42.0 Å². The van der Waals surface area contributed by atoms with Gasteiger partial charge < -0.3 is 19.5 Å². The lowest BCUT2D eigenvalue weighted by Gasteiger charge is -2.20. The fraction of sp³-hybridized carbons (Fsp3) is 0.625. The summed E-state index contributed by atoms with van der Waals surface area (Å²) >= 11 is 3.56. The Balaban J connectivity index is 2.45. The van der Waals surface area contributed by atoms with Gasteiger partial charge in [-0.25, -0.2) is 0 Å².